The summed E-state index contributed by atoms with van der Waals surface area (Å²) in [5.74, 6) is 1.76. The van der Waals surface area contributed by atoms with Gasteiger partial charge < -0.3 is 9.63 Å². The van der Waals surface area contributed by atoms with Crippen molar-refractivity contribution in [2.24, 2.45) is 5.92 Å². The number of likely N-dealkylation sites (tertiary alicyclic amines) is 1. The molecular formula is C17H21N3O2. The molecule has 0 amide bonds. The Kier molecular flexibility index (Phi) is 3.09. The number of β-amino-alcohol motifs (C(OH)–C–C–N with tert-alkyl or cyclic N) is 1. The predicted octanol–water partition coefficient (Wildman–Crippen LogP) is 2.56. The molecular weight excluding hydrogens is 278 g/mol. The van der Waals surface area contributed by atoms with Gasteiger partial charge in [0, 0.05) is 18.7 Å². The molecule has 0 bridgehead atoms. The molecule has 2 aromatic rings. The molecule has 1 aliphatic carbocycles. The van der Waals surface area contributed by atoms with E-state index in [0.717, 1.165) is 24.0 Å². The second-order valence-electron chi connectivity index (χ2n) is 6.73. The number of aryl methyl sites for hydroxylation is 1. The number of nitrogens with zero attached hydrogens (tertiary/aromatic N) is 3. The molecule has 1 aliphatic heterocycles. The Morgan fingerprint density at radius 3 is 2.73 bits per heavy atom. The van der Waals surface area contributed by atoms with E-state index in [1.54, 1.807) is 0 Å². The SMILES string of the molecule is Cc1ccccc1-c1noc(C(C)N2CC(O)(C3CC3)C2)n1. The molecule has 2 fully saturated rings. The maximum absolute atomic E-state index is 10.4. The zero-order valence-corrected chi connectivity index (χ0v) is 13.0. The van der Waals surface area contributed by atoms with Gasteiger partial charge in [0.25, 0.3) is 0 Å². The third-order valence-electron chi connectivity index (χ3n) is 5.02. The lowest BCUT2D eigenvalue weighted by molar-refractivity contribution is -0.131. The van der Waals surface area contributed by atoms with Crippen LogP contribution in [0.5, 0.6) is 0 Å². The average Bonchev–Trinajstić information content (AvgIpc) is 3.22. The lowest BCUT2D eigenvalue weighted by Gasteiger charge is -2.48. The van der Waals surface area contributed by atoms with Crippen LogP contribution in [0.15, 0.2) is 28.8 Å². The number of benzene rings is 1. The first kappa shape index (κ1) is 13.9. The van der Waals surface area contributed by atoms with E-state index < -0.39 is 5.60 Å². The quantitative estimate of drug-likeness (QED) is 0.940. The van der Waals surface area contributed by atoms with E-state index in [1.165, 1.54) is 0 Å². The molecule has 1 aromatic carbocycles. The summed E-state index contributed by atoms with van der Waals surface area (Å²) < 4.78 is 5.45. The van der Waals surface area contributed by atoms with Crippen LogP contribution < -0.4 is 0 Å². The fourth-order valence-corrected chi connectivity index (χ4v) is 3.30. The largest absolute Gasteiger partial charge is 0.387 e. The van der Waals surface area contributed by atoms with Gasteiger partial charge in [0.2, 0.25) is 11.7 Å². The lowest BCUT2D eigenvalue weighted by Crippen LogP contribution is -2.63. The Labute approximate surface area is 130 Å². The second-order valence-corrected chi connectivity index (χ2v) is 6.73. The van der Waals surface area contributed by atoms with E-state index in [0.29, 0.717) is 30.7 Å². The van der Waals surface area contributed by atoms with E-state index in [9.17, 15) is 5.11 Å². The molecule has 1 aromatic heterocycles. The normalized spacial score (nSPS) is 22.3. The van der Waals surface area contributed by atoms with Crippen molar-refractivity contribution in [2.75, 3.05) is 13.1 Å². The zero-order chi connectivity index (χ0) is 15.3. The number of hydrogen-bond acceptors (Lipinski definition) is 5. The monoisotopic (exact) mass is 299 g/mol. The van der Waals surface area contributed by atoms with Gasteiger partial charge in [0.1, 0.15) is 0 Å². The number of rotatable bonds is 4. The van der Waals surface area contributed by atoms with Crippen LogP contribution in [0.2, 0.25) is 0 Å². The first-order valence-corrected chi connectivity index (χ1v) is 7.93. The third-order valence-corrected chi connectivity index (χ3v) is 5.02. The minimum absolute atomic E-state index is 0.0456. The summed E-state index contributed by atoms with van der Waals surface area (Å²) in [5, 5.41) is 14.5. The Morgan fingerprint density at radius 1 is 1.32 bits per heavy atom. The van der Waals surface area contributed by atoms with Gasteiger partial charge in [0.15, 0.2) is 0 Å². The zero-order valence-electron chi connectivity index (χ0n) is 13.0. The van der Waals surface area contributed by atoms with Crippen LogP contribution in [-0.2, 0) is 0 Å². The maximum Gasteiger partial charge on any atom is 0.244 e. The van der Waals surface area contributed by atoms with Crippen molar-refractivity contribution in [3.63, 3.8) is 0 Å². The summed E-state index contributed by atoms with van der Waals surface area (Å²) in [7, 11) is 0. The van der Waals surface area contributed by atoms with Crippen molar-refractivity contribution < 1.29 is 9.63 Å². The molecule has 4 rings (SSSR count). The Morgan fingerprint density at radius 2 is 2.05 bits per heavy atom. The van der Waals surface area contributed by atoms with Crippen molar-refractivity contribution in [3.05, 3.63) is 35.7 Å². The molecule has 0 spiro atoms. The highest BCUT2D eigenvalue weighted by Gasteiger charge is 2.53. The summed E-state index contributed by atoms with van der Waals surface area (Å²) in [4.78, 5) is 6.75. The fourth-order valence-electron chi connectivity index (χ4n) is 3.30. The molecule has 5 nitrogen and oxygen atoms in total. The predicted molar refractivity (Wildman–Crippen MR) is 82.1 cm³/mol. The highest BCUT2D eigenvalue weighted by Crippen LogP contribution is 2.46. The van der Waals surface area contributed by atoms with Crippen molar-refractivity contribution in [1.29, 1.82) is 0 Å². The van der Waals surface area contributed by atoms with E-state index in [4.69, 9.17) is 4.52 Å². The lowest BCUT2D eigenvalue weighted by atomic mass is 9.87. The van der Waals surface area contributed by atoms with Gasteiger partial charge >= 0.3 is 0 Å². The average molecular weight is 299 g/mol. The molecule has 5 heteroatoms. The van der Waals surface area contributed by atoms with Crippen LogP contribution >= 0.6 is 0 Å². The van der Waals surface area contributed by atoms with Gasteiger partial charge in [-0.15, -0.1) is 0 Å². The third kappa shape index (κ3) is 2.25. The molecule has 1 saturated heterocycles. The summed E-state index contributed by atoms with van der Waals surface area (Å²) in [6.07, 6.45) is 2.33. The van der Waals surface area contributed by atoms with Crippen molar-refractivity contribution >= 4 is 0 Å². The summed E-state index contributed by atoms with van der Waals surface area (Å²) in [6, 6.07) is 8.07. The smallest absolute Gasteiger partial charge is 0.244 e. The Balaban J connectivity index is 1.49. The topological polar surface area (TPSA) is 62.4 Å². The molecule has 1 saturated carbocycles. The van der Waals surface area contributed by atoms with Crippen molar-refractivity contribution in [3.8, 4) is 11.4 Å². The van der Waals surface area contributed by atoms with E-state index in [-0.39, 0.29) is 6.04 Å². The highest BCUT2D eigenvalue weighted by molar-refractivity contribution is 5.58. The molecule has 0 radical (unpaired) electrons. The minimum atomic E-state index is -0.479. The van der Waals surface area contributed by atoms with Gasteiger partial charge in [-0.25, -0.2) is 0 Å². The molecule has 1 N–H and O–H groups in total. The van der Waals surface area contributed by atoms with Crippen LogP contribution in [-0.4, -0.2) is 38.8 Å². The van der Waals surface area contributed by atoms with Crippen LogP contribution in [0.3, 0.4) is 0 Å². The standard InChI is InChI=1S/C17H21N3O2/c1-11-5-3-4-6-14(11)15-18-16(22-19-15)12(2)20-9-17(21,10-20)13-7-8-13/h3-6,12-13,21H,7-10H2,1-2H3. The highest BCUT2D eigenvalue weighted by atomic mass is 16.5. The molecule has 2 heterocycles. The summed E-state index contributed by atoms with van der Waals surface area (Å²) in [5.41, 5.74) is 1.66. The first-order chi connectivity index (χ1) is 10.6. The molecule has 22 heavy (non-hydrogen) atoms. The van der Waals surface area contributed by atoms with Gasteiger partial charge in [-0.05, 0) is 38.2 Å². The molecule has 116 valence electrons. The molecule has 1 atom stereocenters. The van der Waals surface area contributed by atoms with Gasteiger partial charge in [-0.1, -0.05) is 29.4 Å². The summed E-state index contributed by atoms with van der Waals surface area (Å²) >= 11 is 0. The Bertz CT molecular complexity index is 687. The van der Waals surface area contributed by atoms with Gasteiger partial charge in [-0.2, -0.15) is 4.98 Å². The number of aromatic nitrogens is 2. The second kappa shape index (κ2) is 4.89. The van der Waals surface area contributed by atoms with Crippen LogP contribution in [0.1, 0.15) is 37.3 Å². The van der Waals surface area contributed by atoms with E-state index >= 15 is 0 Å². The fraction of sp³-hybridized carbons (Fsp3) is 0.529. The van der Waals surface area contributed by atoms with E-state index in [2.05, 4.69) is 22.0 Å². The van der Waals surface area contributed by atoms with Gasteiger partial charge in [-0.3, -0.25) is 4.90 Å². The summed E-state index contributed by atoms with van der Waals surface area (Å²) in [6.45, 7) is 5.52. The van der Waals surface area contributed by atoms with E-state index in [1.807, 2.05) is 31.2 Å². The maximum atomic E-state index is 10.4. The molecule has 2 aliphatic rings. The Hall–Kier alpha value is -1.72. The minimum Gasteiger partial charge on any atom is -0.387 e. The van der Waals surface area contributed by atoms with Crippen LogP contribution in [0.25, 0.3) is 11.4 Å². The first-order valence-electron chi connectivity index (χ1n) is 7.93. The number of aliphatic hydroxyl groups is 1. The number of hydrogen-bond donors (Lipinski definition) is 1. The van der Waals surface area contributed by atoms with Crippen LogP contribution in [0, 0.1) is 12.8 Å². The van der Waals surface area contributed by atoms with Crippen molar-refractivity contribution in [1.82, 2.24) is 15.0 Å². The van der Waals surface area contributed by atoms with Gasteiger partial charge in [0.05, 0.1) is 11.6 Å². The van der Waals surface area contributed by atoms with Crippen molar-refractivity contribution in [2.45, 2.75) is 38.3 Å². The van der Waals surface area contributed by atoms with Crippen LogP contribution in [0.4, 0.5) is 0 Å². The molecule has 1 unspecified atom stereocenters.